The highest BCUT2D eigenvalue weighted by atomic mass is 16.6. The fourth-order valence-electron chi connectivity index (χ4n) is 7.51. The number of benzene rings is 3. The van der Waals surface area contributed by atoms with Gasteiger partial charge in [-0.2, -0.15) is 0 Å². The highest BCUT2D eigenvalue weighted by molar-refractivity contribution is 5.17. The third-order valence-electron chi connectivity index (χ3n) is 11.9. The summed E-state index contributed by atoms with van der Waals surface area (Å²) in [6.45, 7) is 18.7. The third-order valence-corrected chi connectivity index (χ3v) is 11.9. The van der Waals surface area contributed by atoms with Gasteiger partial charge in [-0.05, 0) is 81.8 Å². The molecule has 0 spiro atoms. The minimum Gasteiger partial charge on any atom is -0.391 e. The molecule has 4 fully saturated rings. The molecule has 0 radical (unpaired) electrons. The first-order valence-electron chi connectivity index (χ1n) is 20.4. The highest BCUT2D eigenvalue weighted by Gasteiger charge is 2.54. The number of piperidine rings is 3. The van der Waals surface area contributed by atoms with E-state index in [9.17, 15) is 10.2 Å². The fraction of sp³-hybridized carbons (Fsp3) is 0.565. The quantitative estimate of drug-likeness (QED) is 0.0665. The molecule has 11 heteroatoms. The maximum atomic E-state index is 10.1. The molecule has 0 aromatic heterocycles. The van der Waals surface area contributed by atoms with Crippen LogP contribution in [0.5, 0.6) is 0 Å². The van der Waals surface area contributed by atoms with Gasteiger partial charge in [0, 0.05) is 69.4 Å². The smallest absolute Gasteiger partial charge is 0.0997 e. The van der Waals surface area contributed by atoms with E-state index in [4.69, 9.17) is 16.0 Å². The summed E-state index contributed by atoms with van der Waals surface area (Å²) in [6, 6.07) is 31.5. The minimum atomic E-state index is -0.665. The van der Waals surface area contributed by atoms with Crippen LogP contribution in [0.25, 0.3) is 10.4 Å². The van der Waals surface area contributed by atoms with Gasteiger partial charge >= 0.3 is 0 Å². The molecular weight excluding hydrogens is 713 g/mol. The second-order valence-electron chi connectivity index (χ2n) is 16.9. The number of likely N-dealkylation sites (tertiary alicyclic amines) is 2. The fourth-order valence-corrected chi connectivity index (χ4v) is 7.51. The number of nitrogens with one attached hydrogen (secondary N) is 1. The molecule has 5 aliphatic heterocycles. The van der Waals surface area contributed by atoms with Crippen molar-refractivity contribution >= 4 is 0 Å². The van der Waals surface area contributed by atoms with Gasteiger partial charge < -0.3 is 26.0 Å². The first-order valence-corrected chi connectivity index (χ1v) is 20.4. The number of aliphatic hydroxyl groups is 2. The second kappa shape index (κ2) is 22.0. The van der Waals surface area contributed by atoms with E-state index in [0.29, 0.717) is 25.6 Å². The van der Waals surface area contributed by atoms with Crippen LogP contribution in [-0.2, 0) is 24.4 Å². The molecule has 0 aliphatic carbocycles. The molecule has 0 bridgehead atoms. The molecule has 5 N–H and O–H groups in total. The zero-order valence-electron chi connectivity index (χ0n) is 34.1. The monoisotopic (exact) mass is 783 g/mol. The molecular formula is C46H70N8O3. The van der Waals surface area contributed by atoms with Crippen molar-refractivity contribution in [2.45, 2.75) is 115 Å². The summed E-state index contributed by atoms with van der Waals surface area (Å²) in [4.78, 5) is 10.0. The number of azide groups is 1. The summed E-state index contributed by atoms with van der Waals surface area (Å²) < 4.78 is 5.69. The molecule has 0 saturated carbocycles. The van der Waals surface area contributed by atoms with E-state index in [2.05, 4.69) is 123 Å². The van der Waals surface area contributed by atoms with Gasteiger partial charge in [0.15, 0.2) is 0 Å². The Morgan fingerprint density at radius 2 is 1.30 bits per heavy atom. The summed E-state index contributed by atoms with van der Waals surface area (Å²) in [5, 5.41) is 26.2. The Bertz CT molecular complexity index is 1690. The van der Waals surface area contributed by atoms with Crippen LogP contribution >= 0.6 is 0 Å². The highest BCUT2D eigenvalue weighted by Crippen LogP contribution is 2.43. The standard InChI is InChI=1S/C13H18N4O.C13H17NO.C13H17N.C6H14N2O.CH4/c1-13(15-16-14)7-8-17(10-12(13)18)9-11-5-3-2-4-6-11;1-13-7-8-14(10-12(13)15-13)9-11-5-3-2-4-6-11;1-12-7-9-14(10-8-12)11-13-5-3-2-4-6-13;1-6(7)2-3-8-4-5(6)9;/h2-6,12,18H,7-10H2,1H3;2-6,12H,7-10H2,1H3;2-7H,8-11H2,1H3;5,8-9H,2-4,7H2,1H3;1H4/t12-,13-;12-,13+;;5-,6-;/m11.1./s1. The van der Waals surface area contributed by atoms with Crippen LogP contribution in [-0.4, -0.2) is 112 Å². The van der Waals surface area contributed by atoms with E-state index in [-0.39, 0.29) is 24.7 Å². The summed E-state index contributed by atoms with van der Waals surface area (Å²) in [7, 11) is 0. The number of β-amino-alcohol motifs (C(OH)–C–C–N with tert-alkyl or cyclic N) is 2. The van der Waals surface area contributed by atoms with Crippen molar-refractivity contribution < 1.29 is 14.9 Å². The average molecular weight is 783 g/mol. The Labute approximate surface area is 342 Å². The summed E-state index contributed by atoms with van der Waals surface area (Å²) in [6.07, 6.45) is 5.80. The summed E-state index contributed by atoms with van der Waals surface area (Å²) >= 11 is 0. The first-order chi connectivity index (χ1) is 26.9. The van der Waals surface area contributed by atoms with E-state index in [1.807, 2.05) is 32.0 Å². The molecule has 4 saturated heterocycles. The second-order valence-corrected chi connectivity index (χ2v) is 16.9. The van der Waals surface area contributed by atoms with Crippen molar-refractivity contribution in [1.29, 1.82) is 0 Å². The van der Waals surface area contributed by atoms with Gasteiger partial charge in [-0.1, -0.05) is 122 Å². The largest absolute Gasteiger partial charge is 0.391 e. The van der Waals surface area contributed by atoms with Crippen LogP contribution in [0.2, 0.25) is 0 Å². The number of ether oxygens (including phenoxy) is 1. The van der Waals surface area contributed by atoms with Gasteiger partial charge in [-0.3, -0.25) is 14.7 Å². The summed E-state index contributed by atoms with van der Waals surface area (Å²) in [5.41, 5.74) is 19.1. The number of epoxide rings is 1. The Hall–Kier alpha value is -3.61. The molecule has 5 heterocycles. The lowest BCUT2D eigenvalue weighted by atomic mass is 9.87. The maximum Gasteiger partial charge on any atom is 0.0997 e. The third kappa shape index (κ3) is 14.6. The Morgan fingerprint density at radius 1 is 0.772 bits per heavy atom. The van der Waals surface area contributed by atoms with E-state index in [1.165, 1.54) is 48.2 Å². The molecule has 312 valence electrons. The van der Waals surface area contributed by atoms with Gasteiger partial charge in [-0.25, -0.2) is 0 Å². The number of hydrogen-bond donors (Lipinski definition) is 4. The molecule has 11 nitrogen and oxygen atoms in total. The van der Waals surface area contributed by atoms with Gasteiger partial charge in [0.1, 0.15) is 0 Å². The number of fused-ring (bicyclic) bond motifs is 1. The number of rotatable bonds is 7. The van der Waals surface area contributed by atoms with Gasteiger partial charge in [0.2, 0.25) is 0 Å². The molecule has 5 aliphatic rings. The SMILES string of the molecule is C.CC1=CCN(Cc2ccccc2)CC1.C[C@@]1(N)CCNC[C@H]1O.C[C@@]1(N=[N+]=[N-])CCN(Cc2ccccc2)C[C@H]1O.C[C@]12CCN(Cc3ccccc3)C[C@H]1O2. The van der Waals surface area contributed by atoms with Crippen molar-refractivity contribution in [3.8, 4) is 0 Å². The van der Waals surface area contributed by atoms with Gasteiger partial charge in [0.05, 0.1) is 29.5 Å². The lowest BCUT2D eigenvalue weighted by molar-refractivity contribution is 0.00906. The van der Waals surface area contributed by atoms with Crippen LogP contribution in [0.4, 0.5) is 0 Å². The normalized spacial score (nSPS) is 29.7. The van der Waals surface area contributed by atoms with Crippen LogP contribution in [0.3, 0.4) is 0 Å². The van der Waals surface area contributed by atoms with Crippen molar-refractivity contribution in [3.05, 3.63) is 130 Å². The molecule has 3 aromatic rings. The van der Waals surface area contributed by atoms with Crippen LogP contribution < -0.4 is 11.1 Å². The number of aliphatic hydroxyl groups excluding tert-OH is 2. The zero-order chi connectivity index (χ0) is 40.0. The van der Waals surface area contributed by atoms with Gasteiger partial charge in [0.25, 0.3) is 0 Å². The predicted octanol–water partition coefficient (Wildman–Crippen LogP) is 6.90. The van der Waals surface area contributed by atoms with Crippen LogP contribution in [0, 0.1) is 0 Å². The van der Waals surface area contributed by atoms with E-state index in [0.717, 1.165) is 52.2 Å². The average Bonchev–Trinajstić information content (AvgIpc) is 3.88. The predicted molar refractivity (Wildman–Crippen MR) is 232 cm³/mol. The first kappa shape index (κ1) is 46.1. The molecule has 6 atom stereocenters. The minimum absolute atomic E-state index is 0. The lowest BCUT2D eigenvalue weighted by Crippen LogP contribution is -2.57. The van der Waals surface area contributed by atoms with Crippen molar-refractivity contribution in [2.24, 2.45) is 10.8 Å². The maximum absolute atomic E-state index is 10.1. The zero-order valence-corrected chi connectivity index (χ0v) is 34.1. The van der Waals surface area contributed by atoms with Crippen LogP contribution in [0.1, 0.15) is 77.5 Å². The van der Waals surface area contributed by atoms with Gasteiger partial charge in [-0.15, -0.1) is 0 Å². The number of nitrogens with zero attached hydrogens (tertiary/aromatic N) is 6. The molecule has 3 aromatic carbocycles. The number of hydrogen-bond acceptors (Lipinski definition) is 9. The van der Waals surface area contributed by atoms with Crippen molar-refractivity contribution in [3.63, 3.8) is 0 Å². The van der Waals surface area contributed by atoms with E-state index in [1.54, 1.807) is 0 Å². The van der Waals surface area contributed by atoms with Crippen molar-refractivity contribution in [2.75, 3.05) is 52.4 Å². The molecule has 8 rings (SSSR count). The Kier molecular flexibility index (Phi) is 17.7. The Morgan fingerprint density at radius 3 is 1.74 bits per heavy atom. The molecule has 0 amide bonds. The van der Waals surface area contributed by atoms with E-state index < -0.39 is 11.6 Å². The topological polar surface area (TPSA) is 150 Å². The number of nitrogens with two attached hydrogens (primary N) is 1. The summed E-state index contributed by atoms with van der Waals surface area (Å²) in [5.74, 6) is 0. The van der Waals surface area contributed by atoms with Crippen LogP contribution in [0.15, 0.2) is 108 Å². The molecule has 0 unspecified atom stereocenters. The van der Waals surface area contributed by atoms with Crippen molar-refractivity contribution in [1.82, 2.24) is 20.0 Å². The lowest BCUT2D eigenvalue weighted by Gasteiger charge is -2.40. The van der Waals surface area contributed by atoms with E-state index >= 15 is 0 Å². The Balaban J connectivity index is 0.000000171. The molecule has 57 heavy (non-hydrogen) atoms.